The third-order valence-corrected chi connectivity index (χ3v) is 5.30. The van der Waals surface area contributed by atoms with Gasteiger partial charge in [0.15, 0.2) is 5.96 Å². The number of rotatable bonds is 11. The molecule has 0 heterocycles. The zero-order valence-corrected chi connectivity index (χ0v) is 20.5. The molecule has 0 spiro atoms. The van der Waals surface area contributed by atoms with Gasteiger partial charge in [-0.05, 0) is 31.5 Å². The lowest BCUT2D eigenvalue weighted by molar-refractivity contribution is -0.0504. The molecule has 12 heteroatoms. The fourth-order valence-electron chi connectivity index (χ4n) is 2.41. The van der Waals surface area contributed by atoms with Gasteiger partial charge in [-0.15, -0.1) is 24.0 Å². The number of nitrogens with zero attached hydrogens (tertiary/aromatic N) is 2. The number of hydrogen-bond donors (Lipinski definition) is 2. The largest absolute Gasteiger partial charge is 0.434 e. The van der Waals surface area contributed by atoms with Gasteiger partial charge in [0.2, 0.25) is 10.0 Å². The quantitative estimate of drug-likeness (QED) is 0.185. The van der Waals surface area contributed by atoms with Gasteiger partial charge in [0.1, 0.15) is 5.75 Å². The van der Waals surface area contributed by atoms with Gasteiger partial charge in [0.25, 0.3) is 0 Å². The third kappa shape index (κ3) is 11.2. The van der Waals surface area contributed by atoms with E-state index >= 15 is 0 Å². The average molecular weight is 569 g/mol. The monoisotopic (exact) mass is 568 g/mol. The van der Waals surface area contributed by atoms with Crippen LogP contribution in [0.4, 0.5) is 8.78 Å². The molecule has 29 heavy (non-hydrogen) atoms. The number of aliphatic imine (C=N–C) groups is 1. The molecule has 2 N–H and O–H groups in total. The van der Waals surface area contributed by atoms with E-state index in [-0.39, 0.29) is 36.3 Å². The fraction of sp³-hybridized carbons (Fsp3) is 0.588. The smallest absolute Gasteiger partial charge is 0.387 e. The molecule has 7 nitrogen and oxygen atoms in total. The Morgan fingerprint density at radius 2 is 2.00 bits per heavy atom. The van der Waals surface area contributed by atoms with E-state index in [0.717, 1.165) is 0 Å². The number of nitrogens with one attached hydrogen (secondary N) is 2. The fourth-order valence-corrected chi connectivity index (χ4v) is 3.53. The van der Waals surface area contributed by atoms with Gasteiger partial charge in [0.05, 0.1) is 12.8 Å². The maximum atomic E-state index is 12.5. The Balaban J connectivity index is 0.00000784. The number of alkyl halides is 2. The van der Waals surface area contributed by atoms with Crippen LogP contribution >= 0.6 is 35.6 Å². The van der Waals surface area contributed by atoms with Crippen LogP contribution in [-0.4, -0.2) is 57.7 Å². The molecular formula is C17H28ClF2IN4O3S. The summed E-state index contributed by atoms with van der Waals surface area (Å²) in [6, 6.07) is 4.37. The van der Waals surface area contributed by atoms with E-state index in [1.807, 2.05) is 6.92 Å². The van der Waals surface area contributed by atoms with Crippen LogP contribution in [0, 0.1) is 0 Å². The zero-order chi connectivity index (χ0) is 21.2. The molecule has 0 amide bonds. The Morgan fingerprint density at radius 3 is 2.55 bits per heavy atom. The molecule has 1 aromatic rings. The lowest BCUT2D eigenvalue weighted by Crippen LogP contribution is -2.39. The van der Waals surface area contributed by atoms with E-state index in [0.29, 0.717) is 49.1 Å². The first-order chi connectivity index (χ1) is 13.2. The summed E-state index contributed by atoms with van der Waals surface area (Å²) in [5, 5.41) is 6.53. The number of ether oxygens (including phenoxy) is 1. The second-order valence-electron chi connectivity index (χ2n) is 5.86. The summed E-state index contributed by atoms with van der Waals surface area (Å²) >= 11 is 5.94. The van der Waals surface area contributed by atoms with E-state index < -0.39 is 16.6 Å². The lowest BCUT2D eigenvalue weighted by atomic mass is 10.2. The predicted octanol–water partition coefficient (Wildman–Crippen LogP) is 3.29. The van der Waals surface area contributed by atoms with Crippen molar-refractivity contribution >= 4 is 51.6 Å². The molecule has 0 unspecified atom stereocenters. The molecule has 0 aliphatic heterocycles. The van der Waals surface area contributed by atoms with Gasteiger partial charge in [-0.2, -0.15) is 8.78 Å². The molecule has 0 fully saturated rings. The van der Waals surface area contributed by atoms with Gasteiger partial charge in [-0.3, -0.25) is 0 Å². The topological polar surface area (TPSA) is 83.0 Å². The summed E-state index contributed by atoms with van der Waals surface area (Å²) in [5.74, 6) is 0.499. The van der Waals surface area contributed by atoms with Crippen molar-refractivity contribution in [3.63, 3.8) is 0 Å². The minimum absolute atomic E-state index is 0. The van der Waals surface area contributed by atoms with Gasteiger partial charge in [-0.25, -0.2) is 17.7 Å². The summed E-state index contributed by atoms with van der Waals surface area (Å²) in [6.45, 7) is 2.72. The van der Waals surface area contributed by atoms with E-state index in [2.05, 4.69) is 20.4 Å². The summed E-state index contributed by atoms with van der Waals surface area (Å²) in [6.07, 6.45) is 1.77. The Morgan fingerprint density at radius 1 is 1.31 bits per heavy atom. The molecule has 0 atom stereocenters. The summed E-state index contributed by atoms with van der Waals surface area (Å²) in [4.78, 5) is 4.36. The van der Waals surface area contributed by atoms with Crippen molar-refractivity contribution in [3.05, 3.63) is 28.8 Å². The molecule has 0 aromatic heterocycles. The third-order valence-electron chi connectivity index (χ3n) is 3.69. The molecule has 0 saturated heterocycles. The van der Waals surface area contributed by atoms with Crippen LogP contribution in [0.3, 0.4) is 0 Å². The molecule has 0 bridgehead atoms. The van der Waals surface area contributed by atoms with E-state index in [1.165, 1.54) is 28.8 Å². The zero-order valence-electron chi connectivity index (χ0n) is 16.6. The first kappa shape index (κ1) is 28.1. The van der Waals surface area contributed by atoms with Crippen LogP contribution in [0.5, 0.6) is 5.75 Å². The average Bonchev–Trinajstić information content (AvgIpc) is 2.60. The second kappa shape index (κ2) is 14.1. The highest BCUT2D eigenvalue weighted by Gasteiger charge is 2.13. The van der Waals surface area contributed by atoms with Crippen LogP contribution < -0.4 is 15.4 Å². The molecule has 0 aliphatic rings. The molecule has 0 radical (unpaired) electrons. The van der Waals surface area contributed by atoms with Crippen molar-refractivity contribution in [1.29, 1.82) is 0 Å². The Kier molecular flexibility index (Phi) is 13.7. The molecule has 0 saturated carbocycles. The number of guanidine groups is 1. The van der Waals surface area contributed by atoms with E-state index in [9.17, 15) is 17.2 Å². The Hall–Kier alpha value is -0.920. The van der Waals surface area contributed by atoms with Gasteiger partial charge in [-0.1, -0.05) is 18.5 Å². The standard InChI is InChI=1S/C17H27ClF2N4O3S.HI/c1-4-21-17(22-9-6-10-24(5-2)28(3,25)26)23-12-13-11-14(18)7-8-15(13)27-16(19)20;/h7-8,11,16H,4-6,9-10,12H2,1-3H3,(H2,21,22,23);1H. The minimum Gasteiger partial charge on any atom is -0.434 e. The van der Waals surface area contributed by atoms with Gasteiger partial charge in [0, 0.05) is 36.8 Å². The summed E-state index contributed by atoms with van der Waals surface area (Å²) in [5.41, 5.74) is 0.430. The number of benzene rings is 1. The maximum Gasteiger partial charge on any atom is 0.387 e. The highest BCUT2D eigenvalue weighted by Crippen LogP contribution is 2.25. The molecule has 1 rings (SSSR count). The number of sulfonamides is 1. The first-order valence-corrected chi connectivity index (χ1v) is 11.1. The number of hydrogen-bond acceptors (Lipinski definition) is 4. The maximum absolute atomic E-state index is 12.5. The van der Waals surface area contributed by atoms with Crippen molar-refractivity contribution in [2.75, 3.05) is 32.4 Å². The van der Waals surface area contributed by atoms with Crippen molar-refractivity contribution in [1.82, 2.24) is 14.9 Å². The highest BCUT2D eigenvalue weighted by molar-refractivity contribution is 14.0. The molecule has 168 valence electrons. The van der Waals surface area contributed by atoms with E-state index in [1.54, 1.807) is 6.92 Å². The summed E-state index contributed by atoms with van der Waals surface area (Å²) < 4.78 is 54.1. The SMILES string of the molecule is CCNC(=NCc1cc(Cl)ccc1OC(F)F)NCCCN(CC)S(C)(=O)=O.I. The lowest BCUT2D eigenvalue weighted by Gasteiger charge is -2.18. The summed E-state index contributed by atoms with van der Waals surface area (Å²) in [7, 11) is -3.22. The normalized spacial score (nSPS) is 12.1. The minimum atomic E-state index is -3.22. The van der Waals surface area contributed by atoms with Crippen LogP contribution in [0.2, 0.25) is 5.02 Å². The molecule has 1 aromatic carbocycles. The van der Waals surface area contributed by atoms with Crippen LogP contribution in [0.15, 0.2) is 23.2 Å². The molecular weight excluding hydrogens is 541 g/mol. The second-order valence-corrected chi connectivity index (χ2v) is 8.28. The van der Waals surface area contributed by atoms with Crippen molar-refractivity contribution in [2.24, 2.45) is 4.99 Å². The van der Waals surface area contributed by atoms with Gasteiger partial charge < -0.3 is 15.4 Å². The van der Waals surface area contributed by atoms with Crippen LogP contribution in [0.1, 0.15) is 25.8 Å². The molecule has 0 aliphatic carbocycles. The van der Waals surface area contributed by atoms with Gasteiger partial charge >= 0.3 is 6.61 Å². The van der Waals surface area contributed by atoms with Crippen molar-refractivity contribution in [3.8, 4) is 5.75 Å². The van der Waals surface area contributed by atoms with Crippen molar-refractivity contribution in [2.45, 2.75) is 33.4 Å². The number of halogens is 4. The Bertz CT molecular complexity index is 754. The first-order valence-electron chi connectivity index (χ1n) is 8.87. The van der Waals surface area contributed by atoms with Crippen molar-refractivity contribution < 1.29 is 21.9 Å². The predicted molar refractivity (Wildman–Crippen MR) is 123 cm³/mol. The van der Waals surface area contributed by atoms with Crippen LogP contribution in [0.25, 0.3) is 0 Å². The highest BCUT2D eigenvalue weighted by atomic mass is 127. The van der Waals surface area contributed by atoms with Crippen LogP contribution in [-0.2, 0) is 16.6 Å². The van der Waals surface area contributed by atoms with E-state index in [4.69, 9.17) is 11.6 Å². The Labute approximate surface area is 193 Å².